The Kier molecular flexibility index (Phi) is 6.56. The highest BCUT2D eigenvalue weighted by atomic mass is 16.5. The molecular formula is C37H36N6O2. The van der Waals surface area contributed by atoms with Gasteiger partial charge in [0, 0.05) is 30.4 Å². The van der Waals surface area contributed by atoms with Crippen molar-refractivity contribution in [2.75, 3.05) is 44.3 Å². The number of nitrogens with zero attached hydrogens (tertiary/aromatic N) is 4. The molecule has 0 amide bonds. The zero-order valence-electron chi connectivity index (χ0n) is 25.2. The Bertz CT molecular complexity index is 1880. The molecule has 2 aromatic heterocycles. The van der Waals surface area contributed by atoms with E-state index in [9.17, 15) is 0 Å². The number of hydrogen-bond donors (Lipinski definition) is 2. The summed E-state index contributed by atoms with van der Waals surface area (Å²) >= 11 is 0. The standard InChI is InChI=1S/C37H36N6O2/c1(11-42-20-24-13-25(21-42)23-44-22-24)2-12-43-34-9-5-28(26-3-7-32-30(14-26)18-38-40-32)16-36(34)45-37-17-29(6-10-35(37)43)27-4-8-33-31(15-27)19-39-41-33/h3-10,14-19,24-25H,1-2,11-13,20-23H2,(H,38,40)(H,39,41). The molecule has 2 N–H and O–H groups in total. The lowest BCUT2D eigenvalue weighted by Gasteiger charge is -2.41. The van der Waals surface area contributed by atoms with Crippen molar-refractivity contribution >= 4 is 33.2 Å². The molecule has 2 saturated heterocycles. The first kappa shape index (κ1) is 26.7. The number of benzene rings is 4. The van der Waals surface area contributed by atoms with Gasteiger partial charge in [0.1, 0.15) is 0 Å². The molecule has 2 bridgehead atoms. The first-order chi connectivity index (χ1) is 22.2. The summed E-state index contributed by atoms with van der Waals surface area (Å²) in [6.45, 7) is 6.32. The van der Waals surface area contributed by atoms with Crippen molar-refractivity contribution in [3.05, 3.63) is 85.2 Å². The number of aromatic amines is 2. The van der Waals surface area contributed by atoms with E-state index in [4.69, 9.17) is 9.47 Å². The number of aromatic nitrogens is 4. The minimum Gasteiger partial charge on any atom is -0.453 e. The van der Waals surface area contributed by atoms with E-state index in [0.29, 0.717) is 11.8 Å². The molecule has 4 aromatic carbocycles. The van der Waals surface area contributed by atoms with Gasteiger partial charge in [-0.2, -0.15) is 10.2 Å². The van der Waals surface area contributed by atoms with Crippen LogP contribution >= 0.6 is 0 Å². The van der Waals surface area contributed by atoms with Crippen molar-refractivity contribution < 1.29 is 9.47 Å². The van der Waals surface area contributed by atoms with Gasteiger partial charge in [0.05, 0.1) is 48.0 Å². The second-order valence-electron chi connectivity index (χ2n) is 12.9. The smallest absolute Gasteiger partial charge is 0.151 e. The zero-order chi connectivity index (χ0) is 29.7. The van der Waals surface area contributed by atoms with Crippen LogP contribution in [0.3, 0.4) is 0 Å². The van der Waals surface area contributed by atoms with Gasteiger partial charge >= 0.3 is 0 Å². The Morgan fingerprint density at radius 3 is 1.78 bits per heavy atom. The van der Waals surface area contributed by atoms with Crippen LogP contribution in [0.5, 0.6) is 11.5 Å². The number of hydrogen-bond acceptors (Lipinski definition) is 6. The van der Waals surface area contributed by atoms with Crippen LogP contribution in [0, 0.1) is 11.8 Å². The van der Waals surface area contributed by atoms with E-state index in [2.05, 4.69) is 103 Å². The van der Waals surface area contributed by atoms with Crippen LogP contribution in [0.25, 0.3) is 44.1 Å². The molecule has 0 spiro atoms. The minimum absolute atomic E-state index is 0.710. The van der Waals surface area contributed by atoms with Crippen LogP contribution in [0.15, 0.2) is 85.2 Å². The van der Waals surface area contributed by atoms with Gasteiger partial charge < -0.3 is 19.3 Å². The molecule has 3 aliphatic heterocycles. The van der Waals surface area contributed by atoms with Crippen molar-refractivity contribution in [2.24, 2.45) is 11.8 Å². The highest BCUT2D eigenvalue weighted by molar-refractivity contribution is 5.88. The van der Waals surface area contributed by atoms with E-state index in [1.807, 2.05) is 12.4 Å². The Labute approximate surface area is 262 Å². The number of nitrogens with one attached hydrogen (secondary N) is 2. The normalized spacial score (nSPS) is 19.4. The Balaban J connectivity index is 1.01. The Morgan fingerprint density at radius 2 is 1.18 bits per heavy atom. The summed E-state index contributed by atoms with van der Waals surface area (Å²) in [6.07, 6.45) is 7.37. The largest absolute Gasteiger partial charge is 0.453 e. The molecule has 9 rings (SSSR count). The number of piperidine rings is 1. The zero-order valence-corrected chi connectivity index (χ0v) is 25.2. The van der Waals surface area contributed by atoms with Crippen molar-refractivity contribution in [1.82, 2.24) is 25.3 Å². The second kappa shape index (κ2) is 11.1. The lowest BCUT2D eigenvalue weighted by atomic mass is 9.88. The Morgan fingerprint density at radius 1 is 0.644 bits per heavy atom. The molecule has 8 heteroatoms. The molecular weight excluding hydrogens is 560 g/mol. The van der Waals surface area contributed by atoms with Crippen molar-refractivity contribution in [1.29, 1.82) is 0 Å². The lowest BCUT2D eigenvalue weighted by Crippen LogP contribution is -2.46. The molecule has 0 aliphatic carbocycles. The highest BCUT2D eigenvalue weighted by Crippen LogP contribution is 2.49. The van der Waals surface area contributed by atoms with Crippen molar-refractivity contribution in [3.8, 4) is 33.8 Å². The topological polar surface area (TPSA) is 82.3 Å². The third-order valence-electron chi connectivity index (χ3n) is 9.78. The second-order valence-corrected chi connectivity index (χ2v) is 12.9. The van der Waals surface area contributed by atoms with Crippen LogP contribution < -0.4 is 9.64 Å². The van der Waals surface area contributed by atoms with Gasteiger partial charge in [-0.3, -0.25) is 10.2 Å². The van der Waals surface area contributed by atoms with Crippen LogP contribution in [0.2, 0.25) is 0 Å². The Hall–Kier alpha value is -4.66. The van der Waals surface area contributed by atoms with Crippen LogP contribution in [-0.4, -0.2) is 64.7 Å². The number of rotatable bonds is 7. The van der Waals surface area contributed by atoms with E-state index in [1.54, 1.807) is 0 Å². The van der Waals surface area contributed by atoms with Crippen LogP contribution in [0.1, 0.15) is 19.3 Å². The number of H-pyrrole nitrogens is 2. The summed E-state index contributed by atoms with van der Waals surface area (Å²) in [5.41, 5.74) is 8.85. The molecule has 8 nitrogen and oxygen atoms in total. The number of likely N-dealkylation sites (tertiary alicyclic amines) is 1. The van der Waals surface area contributed by atoms with Crippen molar-refractivity contribution in [3.63, 3.8) is 0 Å². The predicted octanol–water partition coefficient (Wildman–Crippen LogP) is 7.77. The van der Waals surface area contributed by atoms with E-state index in [1.165, 1.54) is 25.9 Å². The fraction of sp³-hybridized carbons (Fsp3) is 0.297. The van der Waals surface area contributed by atoms with Gasteiger partial charge in [0.15, 0.2) is 11.5 Å². The molecule has 226 valence electrons. The molecule has 2 fully saturated rings. The molecule has 5 heterocycles. The number of ether oxygens (including phenoxy) is 2. The third-order valence-corrected chi connectivity index (χ3v) is 9.78. The van der Waals surface area contributed by atoms with Gasteiger partial charge in [0.25, 0.3) is 0 Å². The summed E-state index contributed by atoms with van der Waals surface area (Å²) in [6, 6.07) is 26.1. The molecule has 2 atom stereocenters. The minimum atomic E-state index is 0.710. The van der Waals surface area contributed by atoms with Gasteiger partial charge in [-0.1, -0.05) is 24.3 Å². The van der Waals surface area contributed by atoms with E-state index >= 15 is 0 Å². The molecule has 3 aliphatic rings. The summed E-state index contributed by atoms with van der Waals surface area (Å²) in [5, 5.41) is 16.7. The first-order valence-corrected chi connectivity index (χ1v) is 16.1. The first-order valence-electron chi connectivity index (χ1n) is 16.1. The summed E-state index contributed by atoms with van der Waals surface area (Å²) in [5.74, 6) is 3.20. The average molecular weight is 597 g/mol. The molecule has 6 aromatic rings. The highest BCUT2D eigenvalue weighted by Gasteiger charge is 2.31. The molecule has 0 radical (unpaired) electrons. The third kappa shape index (κ3) is 5.04. The predicted molar refractivity (Wildman–Crippen MR) is 178 cm³/mol. The molecule has 45 heavy (non-hydrogen) atoms. The monoisotopic (exact) mass is 596 g/mol. The van der Waals surface area contributed by atoms with Gasteiger partial charge in [0.2, 0.25) is 0 Å². The average Bonchev–Trinajstić information content (AvgIpc) is 3.74. The SMILES string of the molecule is c1cc2c(cc1-c1ccc3[nH]ncc3c1)Oc1cc(-c3ccc4[nH]ncc4c3)ccc1N2CCCCN1CC2COCC(C2)C1. The van der Waals surface area contributed by atoms with Crippen LogP contribution in [0.4, 0.5) is 11.4 Å². The van der Waals surface area contributed by atoms with E-state index in [0.717, 1.165) is 99.7 Å². The number of unbranched alkanes of at least 4 members (excludes halogenated alkanes) is 1. The fourth-order valence-electron chi connectivity index (χ4n) is 7.59. The number of fused-ring (bicyclic) bond motifs is 6. The summed E-state index contributed by atoms with van der Waals surface area (Å²) < 4.78 is 12.5. The fourth-order valence-corrected chi connectivity index (χ4v) is 7.59. The lowest BCUT2D eigenvalue weighted by molar-refractivity contribution is -0.0405. The number of anilines is 2. The maximum Gasteiger partial charge on any atom is 0.151 e. The van der Waals surface area contributed by atoms with Crippen LogP contribution in [-0.2, 0) is 4.74 Å². The van der Waals surface area contributed by atoms with Crippen molar-refractivity contribution in [2.45, 2.75) is 19.3 Å². The van der Waals surface area contributed by atoms with Gasteiger partial charge in [-0.25, -0.2) is 0 Å². The maximum atomic E-state index is 6.72. The molecule has 2 unspecified atom stereocenters. The quantitative estimate of drug-likeness (QED) is 0.183. The van der Waals surface area contributed by atoms with E-state index < -0.39 is 0 Å². The maximum absolute atomic E-state index is 6.72. The summed E-state index contributed by atoms with van der Waals surface area (Å²) in [7, 11) is 0. The summed E-state index contributed by atoms with van der Waals surface area (Å²) in [4.78, 5) is 5.13. The van der Waals surface area contributed by atoms with Gasteiger partial charge in [-0.05, 0) is 108 Å². The molecule has 0 saturated carbocycles. The van der Waals surface area contributed by atoms with Gasteiger partial charge in [-0.15, -0.1) is 0 Å². The van der Waals surface area contributed by atoms with E-state index in [-0.39, 0.29) is 0 Å².